The minimum atomic E-state index is 0.752. The van der Waals surface area contributed by atoms with E-state index in [2.05, 4.69) is 11.0 Å². The maximum Gasteiger partial charge on any atom is 0.160 e. The van der Waals surface area contributed by atoms with E-state index < -0.39 is 0 Å². The maximum atomic E-state index is 10.7. The van der Waals surface area contributed by atoms with Crippen molar-refractivity contribution in [3.8, 4) is 5.75 Å². The lowest BCUT2D eigenvalue weighted by Crippen LogP contribution is -2.15. The second-order valence-corrected chi connectivity index (χ2v) is 4.98. The van der Waals surface area contributed by atoms with Crippen molar-refractivity contribution in [1.29, 1.82) is 0 Å². The lowest BCUT2D eigenvalue weighted by molar-refractivity contribution is 0.112. The van der Waals surface area contributed by atoms with Crippen LogP contribution in [0.15, 0.2) is 35.7 Å². The number of thiophene rings is 1. The summed E-state index contributed by atoms with van der Waals surface area (Å²) in [7, 11) is 3.67. The van der Waals surface area contributed by atoms with Gasteiger partial charge in [0.25, 0.3) is 0 Å². The molecule has 0 aliphatic rings. The third-order valence-electron chi connectivity index (χ3n) is 2.72. The zero-order valence-electron chi connectivity index (χ0n) is 10.4. The number of benzene rings is 1. The zero-order valence-corrected chi connectivity index (χ0v) is 11.2. The van der Waals surface area contributed by atoms with E-state index in [1.807, 2.05) is 36.7 Å². The van der Waals surface area contributed by atoms with Crippen LogP contribution in [0.4, 0.5) is 5.69 Å². The Labute approximate surface area is 111 Å². The molecule has 0 aliphatic carbocycles. The molecule has 94 valence electrons. The highest BCUT2D eigenvalue weighted by molar-refractivity contribution is 7.12. The van der Waals surface area contributed by atoms with Gasteiger partial charge in [-0.05, 0) is 23.8 Å². The van der Waals surface area contributed by atoms with Crippen LogP contribution in [0.3, 0.4) is 0 Å². The molecule has 0 N–H and O–H groups in total. The molecular formula is C14H15NO2S. The lowest BCUT2D eigenvalue weighted by atomic mass is 10.2. The number of carbonyl (C=O) groups is 1. The van der Waals surface area contributed by atoms with E-state index in [4.69, 9.17) is 4.74 Å². The minimum Gasteiger partial charge on any atom is -0.497 e. The number of carbonyl (C=O) groups excluding carboxylic acids is 1. The number of aldehydes is 1. The average Bonchev–Trinajstić information content (AvgIpc) is 2.88. The van der Waals surface area contributed by atoms with Gasteiger partial charge in [-0.2, -0.15) is 0 Å². The fourth-order valence-electron chi connectivity index (χ4n) is 1.74. The van der Waals surface area contributed by atoms with Gasteiger partial charge < -0.3 is 9.64 Å². The Hall–Kier alpha value is -1.81. The second-order valence-electron chi connectivity index (χ2n) is 4.03. The molecule has 3 nitrogen and oxygen atoms in total. The molecule has 0 radical (unpaired) electrons. The molecule has 0 atom stereocenters. The number of methoxy groups -OCH3 is 1. The second kappa shape index (κ2) is 5.69. The lowest BCUT2D eigenvalue weighted by Gasteiger charge is -2.17. The summed E-state index contributed by atoms with van der Waals surface area (Å²) in [5.74, 6) is 0.861. The van der Waals surface area contributed by atoms with E-state index in [0.29, 0.717) is 0 Å². The van der Waals surface area contributed by atoms with Gasteiger partial charge in [-0.25, -0.2) is 0 Å². The molecule has 0 bridgehead atoms. The van der Waals surface area contributed by atoms with Crippen LogP contribution in [0.1, 0.15) is 15.2 Å². The van der Waals surface area contributed by atoms with Crippen LogP contribution in [0, 0.1) is 0 Å². The van der Waals surface area contributed by atoms with Crippen molar-refractivity contribution in [2.24, 2.45) is 0 Å². The van der Waals surface area contributed by atoms with E-state index in [0.717, 1.165) is 29.1 Å². The van der Waals surface area contributed by atoms with Crippen molar-refractivity contribution >= 4 is 23.3 Å². The highest BCUT2D eigenvalue weighted by Gasteiger charge is 2.05. The molecule has 1 aromatic carbocycles. The number of ether oxygens (including phenoxy) is 1. The molecule has 0 saturated heterocycles. The summed E-state index contributed by atoms with van der Waals surface area (Å²) < 4.78 is 5.20. The van der Waals surface area contributed by atoms with Gasteiger partial charge in [0.05, 0.1) is 12.0 Å². The maximum absolute atomic E-state index is 10.7. The van der Waals surface area contributed by atoms with Crippen LogP contribution < -0.4 is 9.64 Å². The highest BCUT2D eigenvalue weighted by atomic mass is 32.1. The molecule has 4 heteroatoms. The SMILES string of the molecule is COc1cccc(CN(C)c2csc(C=O)c2)c1. The monoisotopic (exact) mass is 261 g/mol. The van der Waals surface area contributed by atoms with Crippen LogP contribution in [-0.2, 0) is 6.54 Å². The number of hydrogen-bond donors (Lipinski definition) is 0. The van der Waals surface area contributed by atoms with Gasteiger partial charge in [-0.1, -0.05) is 12.1 Å². The smallest absolute Gasteiger partial charge is 0.160 e. The topological polar surface area (TPSA) is 29.5 Å². The summed E-state index contributed by atoms with van der Waals surface area (Å²) in [4.78, 5) is 13.5. The van der Waals surface area contributed by atoms with Crippen LogP contribution in [0.25, 0.3) is 0 Å². The summed E-state index contributed by atoms with van der Waals surface area (Å²) >= 11 is 1.46. The summed E-state index contributed by atoms with van der Waals surface area (Å²) in [5, 5.41) is 1.99. The Balaban J connectivity index is 2.10. The molecule has 0 unspecified atom stereocenters. The molecule has 0 fully saturated rings. The van der Waals surface area contributed by atoms with E-state index in [1.54, 1.807) is 7.11 Å². The molecule has 18 heavy (non-hydrogen) atoms. The minimum absolute atomic E-state index is 0.752. The van der Waals surface area contributed by atoms with Crippen molar-refractivity contribution in [3.05, 3.63) is 46.2 Å². The normalized spacial score (nSPS) is 10.1. The third-order valence-corrected chi connectivity index (χ3v) is 3.56. The van der Waals surface area contributed by atoms with Crippen molar-refractivity contribution in [2.75, 3.05) is 19.1 Å². The largest absolute Gasteiger partial charge is 0.497 e. The fraction of sp³-hybridized carbons (Fsp3) is 0.214. The predicted molar refractivity (Wildman–Crippen MR) is 74.8 cm³/mol. The van der Waals surface area contributed by atoms with Gasteiger partial charge in [0.2, 0.25) is 0 Å². The highest BCUT2D eigenvalue weighted by Crippen LogP contribution is 2.23. The Morgan fingerprint density at radius 2 is 2.22 bits per heavy atom. The van der Waals surface area contributed by atoms with Gasteiger partial charge in [-0.3, -0.25) is 4.79 Å². The summed E-state index contributed by atoms with van der Waals surface area (Å²) in [6.45, 7) is 0.784. The Bertz CT molecular complexity index is 536. The Morgan fingerprint density at radius 3 is 2.89 bits per heavy atom. The Kier molecular flexibility index (Phi) is 3.99. The molecule has 2 rings (SSSR count). The van der Waals surface area contributed by atoms with Gasteiger partial charge in [0, 0.05) is 24.7 Å². The number of nitrogens with zero attached hydrogens (tertiary/aromatic N) is 1. The van der Waals surface area contributed by atoms with Crippen molar-refractivity contribution in [3.63, 3.8) is 0 Å². The first-order valence-electron chi connectivity index (χ1n) is 5.60. The Morgan fingerprint density at radius 1 is 1.39 bits per heavy atom. The van der Waals surface area contributed by atoms with Crippen LogP contribution in [0.5, 0.6) is 5.75 Å². The van der Waals surface area contributed by atoms with E-state index >= 15 is 0 Å². The molecule has 2 aromatic rings. The van der Waals surface area contributed by atoms with Crippen molar-refractivity contribution in [1.82, 2.24) is 0 Å². The van der Waals surface area contributed by atoms with Crippen molar-refractivity contribution in [2.45, 2.75) is 6.54 Å². The summed E-state index contributed by atoms with van der Waals surface area (Å²) in [5.41, 5.74) is 2.24. The number of rotatable bonds is 5. The molecule has 1 heterocycles. The molecule has 1 aromatic heterocycles. The van der Waals surface area contributed by atoms with Crippen molar-refractivity contribution < 1.29 is 9.53 Å². The van der Waals surface area contributed by atoms with E-state index in [9.17, 15) is 4.79 Å². The van der Waals surface area contributed by atoms with Crippen LogP contribution in [-0.4, -0.2) is 20.4 Å². The van der Waals surface area contributed by atoms with Gasteiger partial charge in [0.15, 0.2) is 6.29 Å². The molecule has 0 amide bonds. The van der Waals surface area contributed by atoms with Crippen LogP contribution in [0.2, 0.25) is 0 Å². The number of hydrogen-bond acceptors (Lipinski definition) is 4. The fourth-order valence-corrected chi connectivity index (χ4v) is 2.49. The number of anilines is 1. The molecule has 0 aliphatic heterocycles. The standard InChI is InChI=1S/C14H15NO2S/c1-15(12-7-14(9-16)18-10-12)8-11-4-3-5-13(6-11)17-2/h3-7,9-10H,8H2,1-2H3. The predicted octanol–water partition coefficient (Wildman–Crippen LogP) is 3.21. The van der Waals surface area contributed by atoms with E-state index in [1.165, 1.54) is 16.9 Å². The first-order chi connectivity index (χ1) is 8.72. The molecule has 0 spiro atoms. The summed E-state index contributed by atoms with van der Waals surface area (Å²) in [6.07, 6.45) is 0.882. The quantitative estimate of drug-likeness (QED) is 0.774. The first kappa shape index (κ1) is 12.6. The third kappa shape index (κ3) is 2.90. The molecule has 0 saturated carbocycles. The van der Waals surface area contributed by atoms with Gasteiger partial charge in [-0.15, -0.1) is 11.3 Å². The summed E-state index contributed by atoms with van der Waals surface area (Å²) in [6, 6.07) is 9.89. The van der Waals surface area contributed by atoms with Crippen LogP contribution >= 0.6 is 11.3 Å². The first-order valence-corrected chi connectivity index (χ1v) is 6.48. The molecular weight excluding hydrogens is 246 g/mol. The van der Waals surface area contributed by atoms with Gasteiger partial charge in [0.1, 0.15) is 5.75 Å². The van der Waals surface area contributed by atoms with E-state index in [-0.39, 0.29) is 0 Å². The average molecular weight is 261 g/mol. The van der Waals surface area contributed by atoms with Gasteiger partial charge >= 0.3 is 0 Å². The zero-order chi connectivity index (χ0) is 13.0.